The number of aromatic nitrogens is 2. The number of piperidine rings is 1. The first-order valence-corrected chi connectivity index (χ1v) is 8.22. The molecule has 1 fully saturated rings. The summed E-state index contributed by atoms with van der Waals surface area (Å²) in [5, 5.41) is 4.29. The highest BCUT2D eigenvalue weighted by Crippen LogP contribution is 2.27. The average molecular weight is 315 g/mol. The van der Waals surface area contributed by atoms with Crippen LogP contribution in [0, 0.1) is 5.82 Å². The van der Waals surface area contributed by atoms with Crippen molar-refractivity contribution in [3.05, 3.63) is 54.1 Å². The number of hydrogen-bond acceptors (Lipinski definition) is 2. The topological polar surface area (TPSA) is 38.1 Å². The Bertz CT molecular complexity index is 631. The molecule has 3 rings (SSSR count). The second-order valence-electron chi connectivity index (χ2n) is 6.05. The minimum absolute atomic E-state index is 0.151. The highest BCUT2D eigenvalue weighted by atomic mass is 19.1. The highest BCUT2D eigenvalue weighted by Gasteiger charge is 2.28. The first-order valence-electron chi connectivity index (χ1n) is 8.22. The fourth-order valence-corrected chi connectivity index (χ4v) is 3.32. The number of likely N-dealkylation sites (tertiary alicyclic amines) is 1. The molecule has 1 saturated heterocycles. The van der Waals surface area contributed by atoms with Gasteiger partial charge in [0.2, 0.25) is 5.91 Å². The minimum Gasteiger partial charge on any atom is -0.342 e. The fraction of sp³-hybridized carbons (Fsp3) is 0.444. The quantitative estimate of drug-likeness (QED) is 0.867. The highest BCUT2D eigenvalue weighted by molar-refractivity contribution is 5.83. The van der Waals surface area contributed by atoms with Crippen molar-refractivity contribution in [2.75, 3.05) is 13.1 Å². The molecule has 1 atom stereocenters. The molecule has 2 aromatic rings. The van der Waals surface area contributed by atoms with Gasteiger partial charge in [0.25, 0.3) is 0 Å². The normalized spacial score (nSPS) is 17.2. The molecule has 23 heavy (non-hydrogen) atoms. The Morgan fingerprint density at radius 2 is 2.00 bits per heavy atom. The fourth-order valence-electron chi connectivity index (χ4n) is 3.32. The number of hydrogen-bond donors (Lipinski definition) is 0. The van der Waals surface area contributed by atoms with E-state index in [1.165, 1.54) is 12.1 Å². The molecule has 1 amide bonds. The zero-order chi connectivity index (χ0) is 16.2. The molecule has 0 saturated carbocycles. The number of benzene rings is 1. The van der Waals surface area contributed by atoms with Gasteiger partial charge in [0.15, 0.2) is 0 Å². The SMILES string of the molecule is CCC(C(=O)N1CCC(n2cccn2)CC1)c1ccc(F)cc1. The molecule has 0 N–H and O–H groups in total. The van der Waals surface area contributed by atoms with Crippen molar-refractivity contribution in [3.63, 3.8) is 0 Å². The van der Waals surface area contributed by atoms with Gasteiger partial charge in [-0.25, -0.2) is 4.39 Å². The molecule has 0 spiro atoms. The summed E-state index contributed by atoms with van der Waals surface area (Å²) in [5.74, 6) is -0.300. The van der Waals surface area contributed by atoms with Gasteiger partial charge in [0.05, 0.1) is 12.0 Å². The van der Waals surface area contributed by atoms with Crippen molar-refractivity contribution >= 4 is 5.91 Å². The van der Waals surface area contributed by atoms with Gasteiger partial charge in [-0.15, -0.1) is 0 Å². The van der Waals surface area contributed by atoms with Crippen molar-refractivity contribution in [1.82, 2.24) is 14.7 Å². The summed E-state index contributed by atoms with van der Waals surface area (Å²) >= 11 is 0. The second-order valence-corrected chi connectivity index (χ2v) is 6.05. The van der Waals surface area contributed by atoms with Crippen molar-refractivity contribution in [3.8, 4) is 0 Å². The van der Waals surface area contributed by atoms with Gasteiger partial charge in [0.1, 0.15) is 5.82 Å². The summed E-state index contributed by atoms with van der Waals surface area (Å²) in [4.78, 5) is 14.8. The van der Waals surface area contributed by atoms with E-state index in [-0.39, 0.29) is 17.6 Å². The van der Waals surface area contributed by atoms with E-state index in [4.69, 9.17) is 0 Å². The number of halogens is 1. The predicted octanol–water partition coefficient (Wildman–Crippen LogP) is 3.38. The zero-order valence-corrected chi connectivity index (χ0v) is 13.4. The Kier molecular flexibility index (Phi) is 4.74. The van der Waals surface area contributed by atoms with Gasteiger partial charge < -0.3 is 4.90 Å². The first-order chi connectivity index (χ1) is 11.2. The number of carbonyl (C=O) groups is 1. The largest absolute Gasteiger partial charge is 0.342 e. The van der Waals surface area contributed by atoms with Gasteiger partial charge in [-0.3, -0.25) is 9.48 Å². The van der Waals surface area contributed by atoms with Crippen LogP contribution >= 0.6 is 0 Å². The van der Waals surface area contributed by atoms with E-state index in [2.05, 4.69) is 5.10 Å². The van der Waals surface area contributed by atoms with Gasteiger partial charge in [-0.1, -0.05) is 19.1 Å². The van der Waals surface area contributed by atoms with E-state index in [0.717, 1.165) is 37.9 Å². The average Bonchev–Trinajstić information content (AvgIpc) is 3.12. The molecule has 0 radical (unpaired) electrons. The zero-order valence-electron chi connectivity index (χ0n) is 13.4. The Balaban J connectivity index is 1.64. The summed E-state index contributed by atoms with van der Waals surface area (Å²) in [6.07, 6.45) is 6.35. The summed E-state index contributed by atoms with van der Waals surface area (Å²) in [6, 6.07) is 8.60. The molecule has 1 aromatic heterocycles. The molecule has 1 aromatic carbocycles. The summed E-state index contributed by atoms with van der Waals surface area (Å²) in [7, 11) is 0. The third kappa shape index (κ3) is 3.44. The van der Waals surface area contributed by atoms with Crippen molar-refractivity contribution < 1.29 is 9.18 Å². The lowest BCUT2D eigenvalue weighted by Gasteiger charge is -2.34. The molecule has 2 heterocycles. The van der Waals surface area contributed by atoms with Crippen LogP contribution in [0.5, 0.6) is 0 Å². The van der Waals surface area contributed by atoms with E-state index >= 15 is 0 Å². The van der Waals surface area contributed by atoms with E-state index in [1.807, 2.05) is 28.8 Å². The van der Waals surface area contributed by atoms with Crippen molar-refractivity contribution in [1.29, 1.82) is 0 Å². The maximum absolute atomic E-state index is 13.1. The second kappa shape index (κ2) is 6.94. The Hall–Kier alpha value is -2.17. The first kappa shape index (κ1) is 15.7. The van der Waals surface area contributed by atoms with Gasteiger partial charge >= 0.3 is 0 Å². The molecular weight excluding hydrogens is 293 g/mol. The van der Waals surface area contributed by atoms with Gasteiger partial charge in [-0.2, -0.15) is 5.10 Å². The molecule has 0 aliphatic carbocycles. The Morgan fingerprint density at radius 1 is 1.30 bits per heavy atom. The Labute approximate surface area is 135 Å². The van der Waals surface area contributed by atoms with Crippen molar-refractivity contribution in [2.24, 2.45) is 0 Å². The third-order valence-electron chi connectivity index (χ3n) is 4.65. The number of rotatable bonds is 4. The lowest BCUT2D eigenvalue weighted by atomic mass is 9.93. The smallest absolute Gasteiger partial charge is 0.230 e. The van der Waals surface area contributed by atoms with Crippen LogP contribution in [0.4, 0.5) is 4.39 Å². The van der Waals surface area contributed by atoms with E-state index in [0.29, 0.717) is 6.04 Å². The summed E-state index contributed by atoms with van der Waals surface area (Å²) < 4.78 is 15.1. The van der Waals surface area contributed by atoms with Crippen LogP contribution < -0.4 is 0 Å². The predicted molar refractivity (Wildman–Crippen MR) is 86.5 cm³/mol. The van der Waals surface area contributed by atoms with E-state index in [1.54, 1.807) is 18.3 Å². The van der Waals surface area contributed by atoms with Crippen LogP contribution in [0.2, 0.25) is 0 Å². The molecule has 1 unspecified atom stereocenters. The van der Waals surface area contributed by atoms with Gasteiger partial charge in [0, 0.05) is 25.5 Å². The lowest BCUT2D eigenvalue weighted by molar-refractivity contribution is -0.134. The van der Waals surface area contributed by atoms with Crippen LogP contribution in [0.3, 0.4) is 0 Å². The lowest BCUT2D eigenvalue weighted by Crippen LogP contribution is -2.41. The van der Waals surface area contributed by atoms with Gasteiger partial charge in [-0.05, 0) is 43.0 Å². The van der Waals surface area contributed by atoms with Crippen LogP contribution in [0.15, 0.2) is 42.7 Å². The minimum atomic E-state index is -0.268. The monoisotopic (exact) mass is 315 g/mol. The third-order valence-corrected chi connectivity index (χ3v) is 4.65. The number of amides is 1. The standard InChI is InChI=1S/C18H22FN3O/c1-2-17(14-4-6-15(19)7-5-14)18(23)21-12-8-16(9-13-21)22-11-3-10-20-22/h3-7,10-11,16-17H,2,8-9,12-13H2,1H3. The van der Waals surface area contributed by atoms with Crippen LogP contribution in [0.25, 0.3) is 0 Å². The number of carbonyl (C=O) groups excluding carboxylic acids is 1. The summed E-state index contributed by atoms with van der Waals surface area (Å²) in [5.41, 5.74) is 0.896. The van der Waals surface area contributed by atoms with Crippen LogP contribution in [-0.2, 0) is 4.79 Å². The van der Waals surface area contributed by atoms with Crippen LogP contribution in [0.1, 0.15) is 43.7 Å². The molecule has 5 heteroatoms. The van der Waals surface area contributed by atoms with Crippen molar-refractivity contribution in [2.45, 2.75) is 38.1 Å². The maximum atomic E-state index is 13.1. The maximum Gasteiger partial charge on any atom is 0.230 e. The molecular formula is C18H22FN3O. The molecule has 1 aliphatic rings. The Morgan fingerprint density at radius 3 is 2.57 bits per heavy atom. The molecule has 0 bridgehead atoms. The molecule has 4 nitrogen and oxygen atoms in total. The molecule has 1 aliphatic heterocycles. The number of nitrogens with zero attached hydrogens (tertiary/aromatic N) is 3. The van der Waals surface area contributed by atoms with E-state index in [9.17, 15) is 9.18 Å². The van der Waals surface area contributed by atoms with E-state index < -0.39 is 0 Å². The van der Waals surface area contributed by atoms with Crippen LogP contribution in [-0.4, -0.2) is 33.7 Å². The molecule has 122 valence electrons. The summed E-state index contributed by atoms with van der Waals surface area (Å²) in [6.45, 7) is 3.50.